The molecular formula is C25H38N4O6. The van der Waals surface area contributed by atoms with Gasteiger partial charge < -0.3 is 20.5 Å². The van der Waals surface area contributed by atoms with Gasteiger partial charge >= 0.3 is 5.97 Å². The van der Waals surface area contributed by atoms with E-state index >= 15 is 0 Å². The minimum absolute atomic E-state index is 0.0411. The number of phenolic OH excluding ortho intramolecular Hbond substituents is 1. The predicted molar refractivity (Wildman–Crippen MR) is 130 cm³/mol. The zero-order valence-electron chi connectivity index (χ0n) is 21.4. The highest BCUT2D eigenvalue weighted by molar-refractivity contribution is 5.93. The molecule has 0 bridgehead atoms. The van der Waals surface area contributed by atoms with Crippen LogP contribution >= 0.6 is 0 Å². The summed E-state index contributed by atoms with van der Waals surface area (Å²) in [7, 11) is 1.29. The maximum Gasteiger partial charge on any atom is 0.324 e. The van der Waals surface area contributed by atoms with Crippen molar-refractivity contribution in [3.8, 4) is 5.75 Å². The number of ether oxygens (including phenoxy) is 1. The quantitative estimate of drug-likeness (QED) is 0.403. The molecule has 0 aliphatic carbocycles. The molecule has 1 heterocycles. The smallest absolute Gasteiger partial charge is 0.324 e. The maximum atomic E-state index is 13.5. The number of nitrogens with zero attached hydrogens (tertiary/aromatic N) is 1. The van der Waals surface area contributed by atoms with Crippen LogP contribution in [0.4, 0.5) is 0 Å². The molecule has 1 unspecified atom stereocenters. The van der Waals surface area contributed by atoms with Crippen molar-refractivity contribution in [2.24, 2.45) is 11.3 Å². The predicted octanol–water partition coefficient (Wildman–Crippen LogP) is 1.27. The van der Waals surface area contributed by atoms with Crippen LogP contribution in [0.15, 0.2) is 24.3 Å². The van der Waals surface area contributed by atoms with Gasteiger partial charge in [-0.05, 0) is 36.5 Å². The number of methoxy groups -OCH3 is 1. The summed E-state index contributed by atoms with van der Waals surface area (Å²) in [4.78, 5) is 51.3. The Hall–Kier alpha value is -3.14. The molecule has 3 amide bonds. The molecule has 35 heavy (non-hydrogen) atoms. The number of benzene rings is 1. The summed E-state index contributed by atoms with van der Waals surface area (Å²) in [6.07, 6.45) is 1.22. The van der Waals surface area contributed by atoms with Crippen LogP contribution < -0.4 is 16.1 Å². The summed E-state index contributed by atoms with van der Waals surface area (Å²) < 4.78 is 4.80. The molecular weight excluding hydrogens is 452 g/mol. The van der Waals surface area contributed by atoms with Crippen molar-refractivity contribution in [2.45, 2.75) is 72.0 Å². The number of hydrazine groups is 1. The molecule has 3 atom stereocenters. The molecule has 1 fully saturated rings. The van der Waals surface area contributed by atoms with Crippen molar-refractivity contribution in [2.75, 3.05) is 13.7 Å². The van der Waals surface area contributed by atoms with E-state index in [4.69, 9.17) is 4.74 Å². The summed E-state index contributed by atoms with van der Waals surface area (Å²) in [6.45, 7) is 9.24. The Morgan fingerprint density at radius 2 is 1.89 bits per heavy atom. The van der Waals surface area contributed by atoms with E-state index in [0.717, 1.165) is 0 Å². The molecule has 0 aromatic heterocycles. The number of esters is 1. The number of rotatable bonds is 8. The van der Waals surface area contributed by atoms with Gasteiger partial charge in [0.15, 0.2) is 0 Å². The number of aromatic hydroxyl groups is 1. The van der Waals surface area contributed by atoms with Crippen LogP contribution in [0.1, 0.15) is 53.0 Å². The number of carbonyl (C=O) groups is 4. The Balaban J connectivity index is 2.27. The molecule has 194 valence electrons. The third-order valence-electron chi connectivity index (χ3n) is 5.82. The number of hydrogen-bond acceptors (Lipinski definition) is 7. The standard InChI is InChI=1S/C25H38N4O6/c1-15(2)20(27-24(34)25(3,4)5)21(31)26-19(14-16-9-7-10-17(30)13-16)22(32)29-12-8-11-18(28-29)23(33)35-6/h7,9-10,13,15,18-20,28,30H,8,11-12,14H2,1-6H3,(H,26,31)(H,27,34)/t18?,19-,20-/m0/s1. The van der Waals surface area contributed by atoms with Crippen molar-refractivity contribution in [3.05, 3.63) is 29.8 Å². The Labute approximate surface area is 206 Å². The molecule has 1 aliphatic rings. The van der Waals surface area contributed by atoms with Crippen LogP contribution in [-0.2, 0) is 30.3 Å². The Morgan fingerprint density at radius 1 is 1.20 bits per heavy atom. The van der Waals surface area contributed by atoms with Crippen LogP contribution in [0, 0.1) is 11.3 Å². The lowest BCUT2D eigenvalue weighted by atomic mass is 9.93. The average molecular weight is 491 g/mol. The van der Waals surface area contributed by atoms with Crippen molar-refractivity contribution < 1.29 is 29.0 Å². The molecule has 10 nitrogen and oxygen atoms in total. The molecule has 1 aromatic carbocycles. The van der Waals surface area contributed by atoms with Crippen LogP contribution in [0.25, 0.3) is 0 Å². The average Bonchev–Trinajstić information content (AvgIpc) is 2.80. The SMILES string of the molecule is COC(=O)C1CCCN(C(=O)[C@H](Cc2cccc(O)c2)NC(=O)[C@@H](NC(=O)C(C)(C)C)C(C)C)N1. The zero-order valence-corrected chi connectivity index (χ0v) is 21.4. The van der Waals surface area contributed by atoms with Crippen molar-refractivity contribution in [1.82, 2.24) is 21.1 Å². The van der Waals surface area contributed by atoms with Gasteiger partial charge in [0.05, 0.1) is 7.11 Å². The van der Waals surface area contributed by atoms with Gasteiger partial charge in [-0.15, -0.1) is 0 Å². The monoisotopic (exact) mass is 490 g/mol. The van der Waals surface area contributed by atoms with E-state index in [-0.39, 0.29) is 24.0 Å². The molecule has 2 rings (SSSR count). The van der Waals surface area contributed by atoms with E-state index in [1.165, 1.54) is 24.3 Å². The second-order valence-corrected chi connectivity index (χ2v) is 10.2. The first-order valence-electron chi connectivity index (χ1n) is 11.9. The second-order valence-electron chi connectivity index (χ2n) is 10.2. The van der Waals surface area contributed by atoms with Gasteiger partial charge in [-0.2, -0.15) is 0 Å². The number of phenols is 1. The van der Waals surface area contributed by atoms with Gasteiger partial charge in [0.1, 0.15) is 23.9 Å². The fraction of sp³-hybridized carbons (Fsp3) is 0.600. The Kier molecular flexibility index (Phi) is 9.64. The summed E-state index contributed by atoms with van der Waals surface area (Å²) in [5.41, 5.74) is 2.85. The Morgan fingerprint density at radius 3 is 2.46 bits per heavy atom. The van der Waals surface area contributed by atoms with E-state index in [0.29, 0.717) is 24.9 Å². The summed E-state index contributed by atoms with van der Waals surface area (Å²) in [5, 5.41) is 16.8. The molecule has 0 spiro atoms. The number of hydrogen-bond donors (Lipinski definition) is 4. The number of carbonyl (C=O) groups excluding carboxylic acids is 4. The number of amides is 3. The zero-order chi connectivity index (χ0) is 26.3. The highest BCUT2D eigenvalue weighted by atomic mass is 16.5. The van der Waals surface area contributed by atoms with Crippen LogP contribution in [0.2, 0.25) is 0 Å². The fourth-order valence-electron chi connectivity index (χ4n) is 3.72. The van der Waals surface area contributed by atoms with Crippen LogP contribution in [-0.4, -0.2) is 65.6 Å². The molecule has 10 heteroatoms. The van der Waals surface area contributed by atoms with Gasteiger partial charge in [-0.3, -0.25) is 24.2 Å². The lowest BCUT2D eigenvalue weighted by Crippen LogP contribution is -2.62. The van der Waals surface area contributed by atoms with Crippen molar-refractivity contribution in [1.29, 1.82) is 0 Å². The fourth-order valence-corrected chi connectivity index (χ4v) is 3.72. The van der Waals surface area contributed by atoms with Crippen molar-refractivity contribution in [3.63, 3.8) is 0 Å². The first-order valence-corrected chi connectivity index (χ1v) is 11.9. The van der Waals surface area contributed by atoms with E-state index in [1.54, 1.807) is 32.9 Å². The minimum Gasteiger partial charge on any atom is -0.508 e. The van der Waals surface area contributed by atoms with E-state index in [2.05, 4.69) is 16.1 Å². The van der Waals surface area contributed by atoms with Gasteiger partial charge in [-0.1, -0.05) is 46.8 Å². The first kappa shape index (κ1) is 28.1. The minimum atomic E-state index is -0.999. The highest BCUT2D eigenvalue weighted by Gasteiger charge is 2.35. The normalized spacial score (nSPS) is 17.9. The summed E-state index contributed by atoms with van der Waals surface area (Å²) >= 11 is 0. The van der Waals surface area contributed by atoms with E-state index < -0.39 is 41.3 Å². The molecule has 1 aromatic rings. The number of nitrogens with one attached hydrogen (secondary N) is 3. The largest absolute Gasteiger partial charge is 0.508 e. The summed E-state index contributed by atoms with van der Waals surface area (Å²) in [5.74, 6) is -1.85. The third-order valence-corrected chi connectivity index (χ3v) is 5.82. The van der Waals surface area contributed by atoms with Gasteiger partial charge in [0, 0.05) is 18.4 Å². The third kappa shape index (κ3) is 7.95. The van der Waals surface area contributed by atoms with Gasteiger partial charge in [0.2, 0.25) is 11.8 Å². The lowest BCUT2D eigenvalue weighted by molar-refractivity contribution is -0.151. The van der Waals surface area contributed by atoms with Gasteiger partial charge in [0.25, 0.3) is 5.91 Å². The van der Waals surface area contributed by atoms with Crippen molar-refractivity contribution >= 4 is 23.7 Å². The van der Waals surface area contributed by atoms with Gasteiger partial charge in [-0.25, -0.2) is 5.43 Å². The topological polar surface area (TPSA) is 137 Å². The molecule has 0 radical (unpaired) electrons. The van der Waals surface area contributed by atoms with Crippen LogP contribution in [0.3, 0.4) is 0 Å². The maximum absolute atomic E-state index is 13.5. The molecule has 1 aliphatic heterocycles. The van der Waals surface area contributed by atoms with Crippen LogP contribution in [0.5, 0.6) is 5.75 Å². The first-order chi connectivity index (χ1) is 16.3. The van der Waals surface area contributed by atoms with E-state index in [1.807, 2.05) is 13.8 Å². The second kappa shape index (κ2) is 12.0. The Bertz CT molecular complexity index is 927. The van der Waals surface area contributed by atoms with E-state index in [9.17, 15) is 24.3 Å². The molecule has 0 saturated carbocycles. The highest BCUT2D eigenvalue weighted by Crippen LogP contribution is 2.17. The lowest BCUT2D eigenvalue weighted by Gasteiger charge is -2.35. The molecule has 4 N–H and O–H groups in total. The summed E-state index contributed by atoms with van der Waals surface area (Å²) in [6, 6.07) is 3.93. The molecule has 1 saturated heterocycles.